The van der Waals surface area contributed by atoms with Gasteiger partial charge in [0.2, 0.25) is 0 Å². The second-order valence-corrected chi connectivity index (χ2v) is 6.67. The molecule has 0 saturated heterocycles. The number of carbonyl (C=O) groups excluding carboxylic acids is 2. The predicted molar refractivity (Wildman–Crippen MR) is 77.5 cm³/mol. The largest absolute Gasteiger partial charge is 0.359 e. The van der Waals surface area contributed by atoms with E-state index in [1.165, 1.54) is 11.1 Å². The maximum atomic E-state index is 12.8. The van der Waals surface area contributed by atoms with Crippen molar-refractivity contribution >= 4 is 12.1 Å². The van der Waals surface area contributed by atoms with Crippen LogP contribution in [0.5, 0.6) is 0 Å². The summed E-state index contributed by atoms with van der Waals surface area (Å²) >= 11 is 0. The number of Topliss-reactive ketones (excluding diaryl/α,β-unsaturated/α-hetero) is 1. The molecule has 4 heteroatoms. The first kappa shape index (κ1) is 14.7. The first-order valence-corrected chi connectivity index (χ1v) is 7.49. The molecule has 114 valence electrons. The molecular weight excluding hydrogens is 268 g/mol. The first-order chi connectivity index (χ1) is 9.96. The Hall–Kier alpha value is -1.26. The fraction of sp³-hybridized carbons (Fsp3) is 0.647. The van der Waals surface area contributed by atoms with Crippen LogP contribution >= 0.6 is 0 Å². The van der Waals surface area contributed by atoms with E-state index < -0.39 is 12.0 Å². The molecule has 0 aromatic heterocycles. The lowest BCUT2D eigenvalue weighted by atomic mass is 9.66. The van der Waals surface area contributed by atoms with Gasteiger partial charge in [-0.3, -0.25) is 4.79 Å². The number of aldehydes is 1. The number of hydrogen-bond acceptors (Lipinski definition) is 4. The number of carbonyl (C=O) groups is 2. The Balaban J connectivity index is 2.07. The van der Waals surface area contributed by atoms with Gasteiger partial charge in [-0.05, 0) is 30.8 Å². The molecule has 0 N–H and O–H groups in total. The Morgan fingerprint density at radius 1 is 1.52 bits per heavy atom. The van der Waals surface area contributed by atoms with Gasteiger partial charge in [-0.1, -0.05) is 25.5 Å². The summed E-state index contributed by atoms with van der Waals surface area (Å²) in [7, 11) is 1.55. The molecule has 3 rings (SSSR count). The topological polar surface area (TPSA) is 52.6 Å². The third kappa shape index (κ3) is 1.89. The van der Waals surface area contributed by atoms with Gasteiger partial charge < -0.3 is 14.3 Å². The van der Waals surface area contributed by atoms with E-state index in [-0.39, 0.29) is 18.0 Å². The zero-order chi connectivity index (χ0) is 15.4. The maximum absolute atomic E-state index is 12.8. The molecule has 1 unspecified atom stereocenters. The minimum atomic E-state index is -0.540. The molecule has 21 heavy (non-hydrogen) atoms. The average molecular weight is 290 g/mol. The van der Waals surface area contributed by atoms with Crippen LogP contribution in [-0.2, 0) is 19.1 Å². The highest BCUT2D eigenvalue weighted by Gasteiger charge is 2.64. The highest BCUT2D eigenvalue weighted by molar-refractivity contribution is 6.04. The zero-order valence-corrected chi connectivity index (χ0v) is 13.0. The van der Waals surface area contributed by atoms with Gasteiger partial charge >= 0.3 is 0 Å². The molecule has 1 saturated carbocycles. The minimum absolute atomic E-state index is 0.0572. The highest BCUT2D eigenvalue weighted by atomic mass is 16.7. The Morgan fingerprint density at radius 2 is 2.24 bits per heavy atom. The fourth-order valence-electron chi connectivity index (χ4n) is 4.23. The molecule has 5 atom stereocenters. The van der Waals surface area contributed by atoms with Gasteiger partial charge in [-0.15, -0.1) is 0 Å². The van der Waals surface area contributed by atoms with E-state index in [0.717, 1.165) is 12.7 Å². The molecule has 0 aromatic rings. The van der Waals surface area contributed by atoms with Crippen LogP contribution in [0.2, 0.25) is 0 Å². The number of ketones is 1. The van der Waals surface area contributed by atoms with Gasteiger partial charge in [0.1, 0.15) is 19.2 Å². The van der Waals surface area contributed by atoms with Crippen molar-refractivity contribution in [3.8, 4) is 0 Å². The maximum Gasteiger partial charge on any atom is 0.189 e. The van der Waals surface area contributed by atoms with Crippen LogP contribution in [0.15, 0.2) is 22.8 Å². The smallest absolute Gasteiger partial charge is 0.189 e. The van der Waals surface area contributed by atoms with Crippen molar-refractivity contribution in [3.63, 3.8) is 0 Å². The molecule has 3 aliphatic carbocycles. The van der Waals surface area contributed by atoms with E-state index in [1.54, 1.807) is 14.0 Å². The van der Waals surface area contributed by atoms with Crippen molar-refractivity contribution in [1.29, 1.82) is 0 Å². The molecule has 0 aromatic carbocycles. The van der Waals surface area contributed by atoms with E-state index in [9.17, 15) is 9.59 Å². The summed E-state index contributed by atoms with van der Waals surface area (Å²) in [5.41, 5.74) is 2.86. The van der Waals surface area contributed by atoms with Gasteiger partial charge in [0.25, 0.3) is 0 Å². The lowest BCUT2D eigenvalue weighted by Gasteiger charge is -2.40. The van der Waals surface area contributed by atoms with Gasteiger partial charge in [-0.2, -0.15) is 0 Å². The second-order valence-electron chi connectivity index (χ2n) is 6.67. The van der Waals surface area contributed by atoms with Crippen molar-refractivity contribution in [3.05, 3.63) is 22.8 Å². The van der Waals surface area contributed by atoms with Gasteiger partial charge in [0, 0.05) is 24.0 Å². The van der Waals surface area contributed by atoms with Crippen LogP contribution in [0, 0.1) is 23.2 Å². The van der Waals surface area contributed by atoms with Crippen LogP contribution in [0.1, 0.15) is 27.2 Å². The number of hydrogen-bond donors (Lipinski definition) is 0. The van der Waals surface area contributed by atoms with Crippen molar-refractivity contribution in [1.82, 2.24) is 0 Å². The molecule has 0 aliphatic heterocycles. The Labute approximate surface area is 125 Å². The van der Waals surface area contributed by atoms with Gasteiger partial charge in [-0.25, -0.2) is 0 Å². The Kier molecular flexibility index (Phi) is 3.41. The quantitative estimate of drug-likeness (QED) is 0.576. The summed E-state index contributed by atoms with van der Waals surface area (Å²) in [6.07, 6.45) is 3.38. The molecule has 0 heterocycles. The molecule has 0 spiro atoms. The van der Waals surface area contributed by atoms with Gasteiger partial charge in [0.05, 0.1) is 0 Å². The van der Waals surface area contributed by atoms with Gasteiger partial charge in [0.15, 0.2) is 5.78 Å². The van der Waals surface area contributed by atoms with E-state index >= 15 is 0 Å². The van der Waals surface area contributed by atoms with Crippen LogP contribution in [0.4, 0.5) is 0 Å². The number of allylic oxidation sites excluding steroid dienone is 2. The van der Waals surface area contributed by atoms with Crippen LogP contribution in [0.3, 0.4) is 0 Å². The lowest BCUT2D eigenvalue weighted by molar-refractivity contribution is -0.150. The number of fused-ring (bicyclic) bond motifs is 3. The molecule has 3 aliphatic rings. The predicted octanol–water partition coefficient (Wildman–Crippen LogP) is 2.29. The van der Waals surface area contributed by atoms with E-state index in [0.29, 0.717) is 17.4 Å². The summed E-state index contributed by atoms with van der Waals surface area (Å²) in [5, 5.41) is 0. The van der Waals surface area contributed by atoms with Crippen LogP contribution in [-0.4, -0.2) is 32.1 Å². The summed E-state index contributed by atoms with van der Waals surface area (Å²) in [6, 6.07) is 0. The standard InChI is InChI=1S/C17H22O4/c1-9(7-18)11-5-13-10(2)12-6-14(12)17(13,3)16(15(11)19)21-8-20-4/h5,7,9,12,14,16H,6,8H2,1-4H3/t9?,12-,14-,16+,17-/m1/s1. The number of methoxy groups -OCH3 is 1. The molecule has 1 fully saturated rings. The number of ether oxygens (including phenoxy) is 2. The molecule has 0 radical (unpaired) electrons. The Morgan fingerprint density at radius 3 is 2.86 bits per heavy atom. The monoisotopic (exact) mass is 290 g/mol. The SMILES string of the molecule is COCO[C@H]1C(=O)C(C(C)C=O)=CC2=C(C)[C@H]3C[C@H]3[C@@]21C. The third-order valence-corrected chi connectivity index (χ3v) is 5.54. The van der Waals surface area contributed by atoms with Crippen molar-refractivity contribution in [2.75, 3.05) is 13.9 Å². The summed E-state index contributed by atoms with van der Waals surface area (Å²) in [6.45, 7) is 6.13. The lowest BCUT2D eigenvalue weighted by Crippen LogP contribution is -2.47. The van der Waals surface area contributed by atoms with E-state index in [2.05, 4.69) is 13.8 Å². The molecular formula is C17H22O4. The summed E-state index contributed by atoms with van der Waals surface area (Å²) < 4.78 is 10.8. The van der Waals surface area contributed by atoms with E-state index in [1.807, 2.05) is 6.08 Å². The van der Waals surface area contributed by atoms with Crippen molar-refractivity contribution in [2.24, 2.45) is 23.2 Å². The summed E-state index contributed by atoms with van der Waals surface area (Å²) in [5.74, 6) is 0.613. The molecule has 4 nitrogen and oxygen atoms in total. The van der Waals surface area contributed by atoms with Crippen LogP contribution < -0.4 is 0 Å². The number of rotatable bonds is 5. The molecule has 0 amide bonds. The van der Waals surface area contributed by atoms with Crippen LogP contribution in [0.25, 0.3) is 0 Å². The highest BCUT2D eigenvalue weighted by Crippen LogP contribution is 2.68. The molecule has 0 bridgehead atoms. The first-order valence-electron chi connectivity index (χ1n) is 7.49. The van der Waals surface area contributed by atoms with Crippen molar-refractivity contribution in [2.45, 2.75) is 33.3 Å². The summed E-state index contributed by atoms with van der Waals surface area (Å²) in [4.78, 5) is 23.9. The second kappa shape index (κ2) is 4.89. The van der Waals surface area contributed by atoms with E-state index in [4.69, 9.17) is 9.47 Å². The normalized spacial score (nSPS) is 38.8. The minimum Gasteiger partial charge on any atom is -0.359 e. The average Bonchev–Trinajstić information content (AvgIpc) is 3.23. The van der Waals surface area contributed by atoms with Crippen molar-refractivity contribution < 1.29 is 19.1 Å². The third-order valence-electron chi connectivity index (χ3n) is 5.54. The zero-order valence-electron chi connectivity index (χ0n) is 13.0. The fourth-order valence-corrected chi connectivity index (χ4v) is 4.23. The Bertz CT molecular complexity index is 559.